The number of aromatic nitrogens is 1. The molecule has 1 aromatic rings. The highest BCUT2D eigenvalue weighted by Gasteiger charge is 2.02. The Balaban J connectivity index is 2.42. The third-order valence-electron chi connectivity index (χ3n) is 2.50. The second-order valence-electron chi connectivity index (χ2n) is 3.55. The summed E-state index contributed by atoms with van der Waals surface area (Å²) in [5.41, 5.74) is 6.51. The van der Waals surface area contributed by atoms with Crippen LogP contribution in [0.4, 0.5) is 11.5 Å². The zero-order valence-electron chi connectivity index (χ0n) is 9.83. The molecule has 0 atom stereocenters. The first-order valence-corrected chi connectivity index (χ1v) is 6.33. The molecular formula is C11H19BrN4. The first-order valence-electron chi connectivity index (χ1n) is 5.54. The number of rotatable bonds is 6. The molecule has 0 spiro atoms. The average Bonchev–Trinajstić information content (AvgIpc) is 2.27. The quantitative estimate of drug-likeness (QED) is 0.842. The largest absolute Gasteiger partial charge is 0.396 e. The molecule has 16 heavy (non-hydrogen) atoms. The highest BCUT2D eigenvalue weighted by Crippen LogP contribution is 2.19. The lowest BCUT2D eigenvalue weighted by Crippen LogP contribution is -2.28. The fraction of sp³-hybridized carbons (Fsp3) is 0.545. The number of anilines is 2. The summed E-state index contributed by atoms with van der Waals surface area (Å²) in [4.78, 5) is 6.57. The number of nitrogens with one attached hydrogen (secondary N) is 1. The Labute approximate surface area is 105 Å². The average molecular weight is 287 g/mol. The van der Waals surface area contributed by atoms with Gasteiger partial charge >= 0.3 is 0 Å². The molecule has 0 saturated heterocycles. The zero-order chi connectivity index (χ0) is 12.0. The number of hydrogen-bond acceptors (Lipinski definition) is 4. The van der Waals surface area contributed by atoms with Crippen LogP contribution in [0, 0.1) is 0 Å². The highest BCUT2D eigenvalue weighted by atomic mass is 79.9. The van der Waals surface area contributed by atoms with Crippen molar-refractivity contribution in [2.24, 2.45) is 0 Å². The molecule has 5 heteroatoms. The van der Waals surface area contributed by atoms with E-state index < -0.39 is 0 Å². The molecular weight excluding hydrogens is 268 g/mol. The molecule has 90 valence electrons. The summed E-state index contributed by atoms with van der Waals surface area (Å²) in [6, 6.07) is 1.85. The van der Waals surface area contributed by atoms with Gasteiger partial charge in [0.1, 0.15) is 5.82 Å². The van der Waals surface area contributed by atoms with Gasteiger partial charge in [0, 0.05) is 23.8 Å². The van der Waals surface area contributed by atoms with Crippen molar-refractivity contribution in [1.82, 2.24) is 9.88 Å². The predicted octanol–water partition coefficient (Wildman–Crippen LogP) is 2.18. The lowest BCUT2D eigenvalue weighted by Gasteiger charge is -2.18. The van der Waals surface area contributed by atoms with E-state index in [9.17, 15) is 0 Å². The Bertz CT molecular complexity index is 326. The van der Waals surface area contributed by atoms with E-state index in [-0.39, 0.29) is 0 Å². The van der Waals surface area contributed by atoms with Gasteiger partial charge in [0.15, 0.2) is 0 Å². The molecule has 0 fully saturated rings. The number of likely N-dealkylation sites (N-methyl/N-ethyl adjacent to an activating group) is 1. The topological polar surface area (TPSA) is 54.2 Å². The van der Waals surface area contributed by atoms with Crippen LogP contribution >= 0.6 is 15.9 Å². The second kappa shape index (κ2) is 6.70. The summed E-state index contributed by atoms with van der Waals surface area (Å²) < 4.78 is 0.902. The fourth-order valence-corrected chi connectivity index (χ4v) is 1.82. The van der Waals surface area contributed by atoms with Crippen LogP contribution in [0.1, 0.15) is 13.8 Å². The van der Waals surface area contributed by atoms with Crippen molar-refractivity contribution in [3.05, 3.63) is 16.7 Å². The van der Waals surface area contributed by atoms with Crippen molar-refractivity contribution in [2.75, 3.05) is 37.2 Å². The number of nitrogen functional groups attached to an aromatic ring is 1. The molecule has 4 nitrogen and oxygen atoms in total. The molecule has 0 unspecified atom stereocenters. The van der Waals surface area contributed by atoms with Crippen LogP contribution in [0.3, 0.4) is 0 Å². The Hall–Kier alpha value is -0.810. The first-order chi connectivity index (χ1) is 7.67. The Morgan fingerprint density at radius 2 is 2.12 bits per heavy atom. The maximum atomic E-state index is 5.83. The van der Waals surface area contributed by atoms with Gasteiger partial charge in [-0.1, -0.05) is 13.8 Å². The number of hydrogen-bond donors (Lipinski definition) is 2. The molecule has 0 amide bonds. The van der Waals surface area contributed by atoms with Crippen LogP contribution < -0.4 is 11.1 Å². The summed E-state index contributed by atoms with van der Waals surface area (Å²) in [6.45, 7) is 8.33. The SMILES string of the molecule is CCN(CC)CCNc1ncc(Br)cc1N. The van der Waals surface area contributed by atoms with E-state index in [1.807, 2.05) is 6.07 Å². The molecule has 0 aliphatic rings. The molecule has 1 rings (SSSR count). The monoisotopic (exact) mass is 286 g/mol. The van der Waals surface area contributed by atoms with Gasteiger partial charge < -0.3 is 16.0 Å². The molecule has 0 bridgehead atoms. The molecule has 0 aromatic carbocycles. The molecule has 0 radical (unpaired) electrons. The minimum atomic E-state index is 0.675. The molecule has 0 aliphatic heterocycles. The molecule has 0 saturated carbocycles. The Morgan fingerprint density at radius 1 is 1.44 bits per heavy atom. The van der Waals surface area contributed by atoms with Crippen molar-refractivity contribution in [2.45, 2.75) is 13.8 Å². The summed E-state index contributed by atoms with van der Waals surface area (Å²) in [7, 11) is 0. The summed E-state index contributed by atoms with van der Waals surface area (Å²) >= 11 is 3.33. The van der Waals surface area contributed by atoms with E-state index in [2.05, 4.69) is 45.0 Å². The fourth-order valence-electron chi connectivity index (χ4n) is 1.47. The minimum absolute atomic E-state index is 0.675. The van der Waals surface area contributed by atoms with E-state index in [1.165, 1.54) is 0 Å². The third-order valence-corrected chi connectivity index (χ3v) is 2.93. The van der Waals surface area contributed by atoms with E-state index in [0.717, 1.165) is 36.5 Å². The van der Waals surface area contributed by atoms with E-state index in [1.54, 1.807) is 6.20 Å². The maximum absolute atomic E-state index is 5.83. The van der Waals surface area contributed by atoms with Crippen molar-refractivity contribution in [1.29, 1.82) is 0 Å². The predicted molar refractivity (Wildman–Crippen MR) is 72.6 cm³/mol. The van der Waals surface area contributed by atoms with Crippen LogP contribution in [0.5, 0.6) is 0 Å². The maximum Gasteiger partial charge on any atom is 0.149 e. The number of nitrogens with two attached hydrogens (primary N) is 1. The standard InChI is InChI=1S/C11H19BrN4/c1-3-16(4-2)6-5-14-11-10(13)7-9(12)8-15-11/h7-8H,3-6,13H2,1-2H3,(H,14,15). The Kier molecular flexibility index (Phi) is 5.55. The van der Waals surface area contributed by atoms with E-state index >= 15 is 0 Å². The van der Waals surface area contributed by atoms with Gasteiger partial charge in [-0.15, -0.1) is 0 Å². The lowest BCUT2D eigenvalue weighted by molar-refractivity contribution is 0.316. The van der Waals surface area contributed by atoms with Crippen LogP contribution in [0.2, 0.25) is 0 Å². The van der Waals surface area contributed by atoms with Crippen molar-refractivity contribution in [3.8, 4) is 0 Å². The van der Waals surface area contributed by atoms with Gasteiger partial charge in [-0.25, -0.2) is 4.98 Å². The van der Waals surface area contributed by atoms with Gasteiger partial charge in [0.05, 0.1) is 5.69 Å². The molecule has 1 heterocycles. The first kappa shape index (κ1) is 13.3. The molecule has 1 aromatic heterocycles. The van der Waals surface area contributed by atoms with Gasteiger partial charge in [0.2, 0.25) is 0 Å². The third kappa shape index (κ3) is 3.98. The number of halogens is 1. The van der Waals surface area contributed by atoms with Crippen LogP contribution in [-0.4, -0.2) is 36.1 Å². The van der Waals surface area contributed by atoms with Crippen molar-refractivity contribution < 1.29 is 0 Å². The van der Waals surface area contributed by atoms with Gasteiger partial charge in [0.25, 0.3) is 0 Å². The van der Waals surface area contributed by atoms with Crippen LogP contribution in [0.15, 0.2) is 16.7 Å². The van der Waals surface area contributed by atoms with Crippen molar-refractivity contribution in [3.63, 3.8) is 0 Å². The smallest absolute Gasteiger partial charge is 0.149 e. The van der Waals surface area contributed by atoms with E-state index in [4.69, 9.17) is 5.73 Å². The summed E-state index contributed by atoms with van der Waals surface area (Å²) in [5, 5.41) is 3.24. The minimum Gasteiger partial charge on any atom is -0.396 e. The number of pyridine rings is 1. The van der Waals surface area contributed by atoms with Crippen LogP contribution in [-0.2, 0) is 0 Å². The van der Waals surface area contributed by atoms with Gasteiger partial charge in [-0.2, -0.15) is 0 Å². The number of nitrogens with zero attached hydrogens (tertiary/aromatic N) is 2. The highest BCUT2D eigenvalue weighted by molar-refractivity contribution is 9.10. The summed E-state index contributed by atoms with van der Waals surface area (Å²) in [5.74, 6) is 0.760. The lowest BCUT2D eigenvalue weighted by atomic mass is 10.4. The molecule has 0 aliphatic carbocycles. The van der Waals surface area contributed by atoms with Gasteiger partial charge in [-0.3, -0.25) is 0 Å². The van der Waals surface area contributed by atoms with Crippen molar-refractivity contribution >= 4 is 27.4 Å². The Morgan fingerprint density at radius 3 is 2.69 bits per heavy atom. The van der Waals surface area contributed by atoms with Crippen LogP contribution in [0.25, 0.3) is 0 Å². The zero-order valence-corrected chi connectivity index (χ0v) is 11.4. The summed E-state index contributed by atoms with van der Waals surface area (Å²) in [6.07, 6.45) is 1.75. The molecule has 3 N–H and O–H groups in total. The van der Waals surface area contributed by atoms with E-state index in [0.29, 0.717) is 5.69 Å². The second-order valence-corrected chi connectivity index (χ2v) is 4.46. The normalized spacial score (nSPS) is 10.8. The van der Waals surface area contributed by atoms with Gasteiger partial charge in [-0.05, 0) is 35.1 Å².